The van der Waals surface area contributed by atoms with E-state index in [0.29, 0.717) is 0 Å². The van der Waals surface area contributed by atoms with Gasteiger partial charge in [0.2, 0.25) is 0 Å². The summed E-state index contributed by atoms with van der Waals surface area (Å²) in [7, 11) is 1.91. The highest BCUT2D eigenvalue weighted by molar-refractivity contribution is 5.50. The molecule has 0 aromatic carbocycles. The molecule has 2 aromatic heterocycles. The maximum atomic E-state index is 4.50. The summed E-state index contributed by atoms with van der Waals surface area (Å²) in [6.45, 7) is 7.41. The first-order valence-electron chi connectivity index (χ1n) is 9.17. The van der Waals surface area contributed by atoms with Crippen LogP contribution < -0.4 is 9.80 Å². The topological polar surface area (TPSA) is 66.2 Å². The molecule has 0 bridgehead atoms. The summed E-state index contributed by atoms with van der Waals surface area (Å²) < 4.78 is 1.76. The fraction of sp³-hybridized carbons (Fsp3) is 0.647. The Kier molecular flexibility index (Phi) is 4.78. The van der Waals surface area contributed by atoms with Gasteiger partial charge in [0.1, 0.15) is 18.0 Å². The Morgan fingerprint density at radius 2 is 1.60 bits per heavy atom. The molecule has 0 spiro atoms. The molecule has 2 fully saturated rings. The monoisotopic (exact) mass is 342 g/mol. The molecule has 8 heteroatoms. The van der Waals surface area contributed by atoms with E-state index in [4.69, 9.17) is 0 Å². The summed E-state index contributed by atoms with van der Waals surface area (Å²) in [5.74, 6) is 2.14. The summed E-state index contributed by atoms with van der Waals surface area (Å²) in [4.78, 5) is 16.2. The summed E-state index contributed by atoms with van der Waals surface area (Å²) in [6, 6.07) is 2.15. The molecule has 0 aliphatic carbocycles. The zero-order valence-electron chi connectivity index (χ0n) is 14.9. The summed E-state index contributed by atoms with van der Waals surface area (Å²) >= 11 is 0. The number of piperazine rings is 1. The van der Waals surface area contributed by atoms with Gasteiger partial charge in [-0.25, -0.2) is 9.97 Å². The average Bonchev–Trinajstić information content (AvgIpc) is 3.32. The second kappa shape index (κ2) is 7.35. The van der Waals surface area contributed by atoms with Crippen molar-refractivity contribution in [2.75, 3.05) is 55.6 Å². The molecule has 0 atom stereocenters. The van der Waals surface area contributed by atoms with Crippen LogP contribution >= 0.6 is 0 Å². The molecule has 0 N–H and O–H groups in total. The van der Waals surface area contributed by atoms with Gasteiger partial charge in [0, 0.05) is 71.5 Å². The van der Waals surface area contributed by atoms with E-state index in [1.165, 1.54) is 12.8 Å². The van der Waals surface area contributed by atoms with Crippen molar-refractivity contribution in [2.45, 2.75) is 19.3 Å². The third kappa shape index (κ3) is 3.89. The second-order valence-corrected chi connectivity index (χ2v) is 6.89. The van der Waals surface area contributed by atoms with Crippen LogP contribution in [0.2, 0.25) is 0 Å². The van der Waals surface area contributed by atoms with E-state index < -0.39 is 0 Å². The third-order valence-corrected chi connectivity index (χ3v) is 5.10. The van der Waals surface area contributed by atoms with Crippen LogP contribution in [-0.4, -0.2) is 75.7 Å². The molecule has 0 amide bonds. The van der Waals surface area contributed by atoms with Gasteiger partial charge in [0.05, 0.1) is 5.69 Å². The van der Waals surface area contributed by atoms with Crippen molar-refractivity contribution in [2.24, 2.45) is 7.05 Å². The molecule has 4 rings (SSSR count). The molecule has 4 heterocycles. The fourth-order valence-corrected chi connectivity index (χ4v) is 3.61. The molecular formula is C17H26N8. The highest BCUT2D eigenvalue weighted by Crippen LogP contribution is 2.22. The Balaban J connectivity index is 1.30. The van der Waals surface area contributed by atoms with E-state index in [9.17, 15) is 0 Å². The molecular weight excluding hydrogens is 316 g/mol. The number of aryl methyl sites for hydroxylation is 1. The number of hydrogen-bond donors (Lipinski definition) is 0. The largest absolute Gasteiger partial charge is 0.356 e. The summed E-state index contributed by atoms with van der Waals surface area (Å²) in [6.07, 6.45) is 7.20. The Morgan fingerprint density at radius 3 is 2.24 bits per heavy atom. The van der Waals surface area contributed by atoms with Crippen LogP contribution in [0.15, 0.2) is 18.6 Å². The zero-order valence-corrected chi connectivity index (χ0v) is 14.9. The minimum Gasteiger partial charge on any atom is -0.356 e. The van der Waals surface area contributed by atoms with Gasteiger partial charge in [-0.15, -0.1) is 5.10 Å². The molecule has 0 radical (unpaired) electrons. The summed E-state index contributed by atoms with van der Waals surface area (Å²) in [5.41, 5.74) is 1.07. The third-order valence-electron chi connectivity index (χ3n) is 5.10. The Morgan fingerprint density at radius 1 is 0.920 bits per heavy atom. The fourth-order valence-electron chi connectivity index (χ4n) is 3.61. The first-order chi connectivity index (χ1) is 12.3. The molecule has 0 saturated carbocycles. The normalized spacial score (nSPS) is 18.9. The number of rotatable bonds is 5. The van der Waals surface area contributed by atoms with Gasteiger partial charge in [-0.3, -0.25) is 9.58 Å². The number of nitrogens with zero attached hydrogens (tertiary/aromatic N) is 8. The van der Waals surface area contributed by atoms with Gasteiger partial charge >= 0.3 is 0 Å². The van der Waals surface area contributed by atoms with Crippen LogP contribution in [0.4, 0.5) is 11.6 Å². The summed E-state index contributed by atoms with van der Waals surface area (Å²) in [5, 5.41) is 8.16. The Hall–Kier alpha value is -2.22. The van der Waals surface area contributed by atoms with E-state index >= 15 is 0 Å². The molecule has 2 saturated heterocycles. The van der Waals surface area contributed by atoms with Crippen molar-refractivity contribution in [1.82, 2.24) is 29.9 Å². The van der Waals surface area contributed by atoms with Crippen LogP contribution in [0.5, 0.6) is 0 Å². The highest BCUT2D eigenvalue weighted by atomic mass is 15.4. The molecule has 134 valence electrons. The van der Waals surface area contributed by atoms with Gasteiger partial charge in [0.25, 0.3) is 0 Å². The van der Waals surface area contributed by atoms with Crippen molar-refractivity contribution in [3.05, 3.63) is 24.3 Å². The lowest BCUT2D eigenvalue weighted by Crippen LogP contribution is -2.47. The maximum Gasteiger partial charge on any atom is 0.134 e. The van der Waals surface area contributed by atoms with Crippen LogP contribution in [0.1, 0.15) is 18.5 Å². The zero-order chi connectivity index (χ0) is 17.1. The molecule has 25 heavy (non-hydrogen) atoms. The molecule has 2 aliphatic heterocycles. The van der Waals surface area contributed by atoms with Crippen molar-refractivity contribution < 1.29 is 0 Å². The van der Waals surface area contributed by atoms with E-state index in [1.807, 2.05) is 13.2 Å². The maximum absolute atomic E-state index is 4.50. The van der Waals surface area contributed by atoms with Gasteiger partial charge < -0.3 is 9.80 Å². The predicted molar refractivity (Wildman–Crippen MR) is 96.8 cm³/mol. The first-order valence-corrected chi connectivity index (χ1v) is 9.17. The van der Waals surface area contributed by atoms with Crippen molar-refractivity contribution >= 4 is 11.6 Å². The van der Waals surface area contributed by atoms with Crippen LogP contribution in [0, 0.1) is 0 Å². The SMILES string of the molecule is Cn1cc(CCN2CCN(c3cc(N4CCCC4)ncn3)CC2)nn1. The van der Waals surface area contributed by atoms with Crippen LogP contribution in [0.25, 0.3) is 0 Å². The predicted octanol–water partition coefficient (Wildman–Crippen LogP) is 0.570. The lowest BCUT2D eigenvalue weighted by atomic mass is 10.2. The minimum absolute atomic E-state index is 0.959. The highest BCUT2D eigenvalue weighted by Gasteiger charge is 2.20. The lowest BCUT2D eigenvalue weighted by Gasteiger charge is -2.35. The van der Waals surface area contributed by atoms with Gasteiger partial charge in [0.15, 0.2) is 0 Å². The van der Waals surface area contributed by atoms with Crippen molar-refractivity contribution in [3.8, 4) is 0 Å². The first kappa shape index (κ1) is 16.3. The molecule has 0 unspecified atom stereocenters. The lowest BCUT2D eigenvalue weighted by molar-refractivity contribution is 0.259. The minimum atomic E-state index is 0.959. The quantitative estimate of drug-likeness (QED) is 0.787. The Labute approximate surface area is 148 Å². The number of anilines is 2. The van der Waals surface area contributed by atoms with Crippen LogP contribution in [-0.2, 0) is 13.5 Å². The van der Waals surface area contributed by atoms with E-state index in [-0.39, 0.29) is 0 Å². The smallest absolute Gasteiger partial charge is 0.134 e. The second-order valence-electron chi connectivity index (χ2n) is 6.89. The van der Waals surface area contributed by atoms with E-state index in [2.05, 4.69) is 41.0 Å². The van der Waals surface area contributed by atoms with Crippen molar-refractivity contribution in [1.29, 1.82) is 0 Å². The Bertz CT molecular complexity index is 685. The van der Waals surface area contributed by atoms with Gasteiger partial charge in [-0.2, -0.15) is 0 Å². The molecule has 2 aromatic rings. The van der Waals surface area contributed by atoms with Gasteiger partial charge in [-0.1, -0.05) is 5.21 Å². The average molecular weight is 342 g/mol. The van der Waals surface area contributed by atoms with Crippen molar-refractivity contribution in [3.63, 3.8) is 0 Å². The number of aromatic nitrogens is 5. The van der Waals surface area contributed by atoms with Gasteiger partial charge in [-0.05, 0) is 12.8 Å². The van der Waals surface area contributed by atoms with E-state index in [0.717, 1.165) is 69.6 Å². The van der Waals surface area contributed by atoms with Crippen LogP contribution in [0.3, 0.4) is 0 Å². The van der Waals surface area contributed by atoms with E-state index in [1.54, 1.807) is 11.0 Å². The standard InChI is InChI=1S/C17H26N8/c1-22-13-15(20-21-22)4-7-23-8-10-25(11-9-23)17-12-16(18-14-19-17)24-5-2-3-6-24/h12-14H,2-11H2,1H3. The number of hydrogen-bond acceptors (Lipinski definition) is 7. The molecule has 2 aliphatic rings. The molecule has 8 nitrogen and oxygen atoms in total.